The molecule has 2 N–H and O–H groups in total. The third kappa shape index (κ3) is 4.25. The van der Waals surface area contributed by atoms with Gasteiger partial charge in [0.2, 0.25) is 10.0 Å². The first-order valence-electron chi connectivity index (χ1n) is 7.01. The summed E-state index contributed by atoms with van der Waals surface area (Å²) < 4.78 is 32.4. The number of sulfonamides is 1. The van der Waals surface area contributed by atoms with Gasteiger partial charge < -0.3 is 10.1 Å². The molecule has 2 rings (SSSR count). The second-order valence-electron chi connectivity index (χ2n) is 4.89. The smallest absolute Gasteiger partial charge is 0.254 e. The Labute approximate surface area is 145 Å². The molecule has 0 atom stereocenters. The Morgan fingerprint density at radius 3 is 2.42 bits per heavy atom. The van der Waals surface area contributed by atoms with Crippen LogP contribution in [0.4, 0.5) is 0 Å². The van der Waals surface area contributed by atoms with Gasteiger partial charge in [-0.15, -0.1) is 0 Å². The SMILES string of the molecule is CNC(=O)c1cc(S(=O)(=O)NCc2ccc(Cl)cc2)ccc1OC. The fourth-order valence-electron chi connectivity index (χ4n) is 2.03. The molecule has 0 bridgehead atoms. The zero-order valence-corrected chi connectivity index (χ0v) is 14.7. The quantitative estimate of drug-likeness (QED) is 0.818. The molecule has 0 fully saturated rings. The van der Waals surface area contributed by atoms with E-state index in [9.17, 15) is 13.2 Å². The van der Waals surface area contributed by atoms with Crippen LogP contribution in [0.25, 0.3) is 0 Å². The van der Waals surface area contributed by atoms with Crippen LogP contribution in [0.15, 0.2) is 47.4 Å². The number of methoxy groups -OCH3 is 1. The van der Waals surface area contributed by atoms with E-state index in [1.54, 1.807) is 24.3 Å². The molecule has 24 heavy (non-hydrogen) atoms. The van der Waals surface area contributed by atoms with Crippen molar-refractivity contribution in [1.82, 2.24) is 10.0 Å². The lowest BCUT2D eigenvalue weighted by Gasteiger charge is -2.11. The van der Waals surface area contributed by atoms with Crippen molar-refractivity contribution in [3.05, 3.63) is 58.6 Å². The zero-order chi connectivity index (χ0) is 17.7. The van der Waals surface area contributed by atoms with Crippen molar-refractivity contribution < 1.29 is 17.9 Å². The van der Waals surface area contributed by atoms with Crippen LogP contribution in [-0.4, -0.2) is 28.5 Å². The number of hydrogen-bond acceptors (Lipinski definition) is 4. The number of hydrogen-bond donors (Lipinski definition) is 2. The van der Waals surface area contributed by atoms with Gasteiger partial charge >= 0.3 is 0 Å². The molecular weight excluding hydrogens is 352 g/mol. The summed E-state index contributed by atoms with van der Waals surface area (Å²) in [6, 6.07) is 10.9. The van der Waals surface area contributed by atoms with E-state index < -0.39 is 15.9 Å². The highest BCUT2D eigenvalue weighted by atomic mass is 35.5. The zero-order valence-electron chi connectivity index (χ0n) is 13.2. The van der Waals surface area contributed by atoms with E-state index in [0.29, 0.717) is 10.8 Å². The predicted octanol–water partition coefficient (Wildman–Crippen LogP) is 2.19. The van der Waals surface area contributed by atoms with Crippen molar-refractivity contribution in [3.8, 4) is 5.75 Å². The first kappa shape index (κ1) is 18.3. The monoisotopic (exact) mass is 368 g/mol. The molecule has 0 aliphatic heterocycles. The van der Waals surface area contributed by atoms with E-state index in [4.69, 9.17) is 16.3 Å². The number of carbonyl (C=O) groups excluding carboxylic acids is 1. The fourth-order valence-corrected chi connectivity index (χ4v) is 3.20. The predicted molar refractivity (Wildman–Crippen MR) is 91.9 cm³/mol. The third-order valence-electron chi connectivity index (χ3n) is 3.33. The Hall–Kier alpha value is -2.09. The van der Waals surface area contributed by atoms with E-state index in [0.717, 1.165) is 5.56 Å². The highest BCUT2D eigenvalue weighted by Crippen LogP contribution is 2.22. The molecule has 0 saturated carbocycles. The van der Waals surface area contributed by atoms with Gasteiger partial charge in [0.1, 0.15) is 5.75 Å². The number of ether oxygens (including phenoxy) is 1. The number of nitrogens with one attached hydrogen (secondary N) is 2. The first-order valence-corrected chi connectivity index (χ1v) is 8.87. The molecule has 0 radical (unpaired) electrons. The van der Waals surface area contributed by atoms with Gasteiger partial charge in [0.25, 0.3) is 5.91 Å². The molecular formula is C16H17ClN2O4S. The molecule has 128 valence electrons. The summed E-state index contributed by atoms with van der Waals surface area (Å²) in [5.74, 6) is -0.132. The van der Waals surface area contributed by atoms with Crippen LogP contribution in [0.1, 0.15) is 15.9 Å². The number of halogens is 1. The van der Waals surface area contributed by atoms with E-state index in [1.165, 1.54) is 32.4 Å². The van der Waals surface area contributed by atoms with Crippen molar-refractivity contribution in [3.63, 3.8) is 0 Å². The standard InChI is InChI=1S/C16H17ClN2O4S/c1-18-16(20)14-9-13(7-8-15(14)23-2)24(21,22)19-10-11-3-5-12(17)6-4-11/h3-9,19H,10H2,1-2H3,(H,18,20). The van der Waals surface area contributed by atoms with Gasteiger partial charge in [-0.25, -0.2) is 13.1 Å². The van der Waals surface area contributed by atoms with Gasteiger partial charge in [-0.1, -0.05) is 23.7 Å². The van der Waals surface area contributed by atoms with Gasteiger partial charge in [-0.05, 0) is 35.9 Å². The van der Waals surface area contributed by atoms with Crippen LogP contribution in [0.5, 0.6) is 5.75 Å². The van der Waals surface area contributed by atoms with E-state index in [-0.39, 0.29) is 17.0 Å². The maximum atomic E-state index is 12.4. The highest BCUT2D eigenvalue weighted by molar-refractivity contribution is 7.89. The molecule has 6 nitrogen and oxygen atoms in total. The van der Waals surface area contributed by atoms with Crippen LogP contribution in [0.2, 0.25) is 5.02 Å². The molecule has 0 unspecified atom stereocenters. The van der Waals surface area contributed by atoms with Gasteiger partial charge in [0.05, 0.1) is 17.6 Å². The Bertz CT molecular complexity index is 836. The normalized spacial score (nSPS) is 11.1. The first-order chi connectivity index (χ1) is 11.4. The average molecular weight is 369 g/mol. The number of amides is 1. The summed E-state index contributed by atoms with van der Waals surface area (Å²) in [4.78, 5) is 11.8. The third-order valence-corrected chi connectivity index (χ3v) is 4.98. The second kappa shape index (κ2) is 7.65. The van der Waals surface area contributed by atoms with E-state index >= 15 is 0 Å². The summed E-state index contributed by atoms with van der Waals surface area (Å²) in [5.41, 5.74) is 0.914. The van der Waals surface area contributed by atoms with Crippen molar-refractivity contribution in [2.45, 2.75) is 11.4 Å². The Balaban J connectivity index is 2.25. The Morgan fingerprint density at radius 1 is 1.17 bits per heavy atom. The molecule has 1 amide bonds. The molecule has 0 aliphatic rings. The van der Waals surface area contributed by atoms with Gasteiger partial charge in [0.15, 0.2) is 0 Å². The molecule has 2 aromatic carbocycles. The lowest BCUT2D eigenvalue weighted by molar-refractivity contribution is 0.0960. The average Bonchev–Trinajstić information content (AvgIpc) is 2.60. The second-order valence-corrected chi connectivity index (χ2v) is 7.10. The van der Waals surface area contributed by atoms with Gasteiger partial charge in [0, 0.05) is 18.6 Å². The van der Waals surface area contributed by atoms with Crippen LogP contribution in [-0.2, 0) is 16.6 Å². The van der Waals surface area contributed by atoms with Crippen molar-refractivity contribution in [1.29, 1.82) is 0 Å². The molecule has 0 saturated heterocycles. The van der Waals surface area contributed by atoms with Crippen LogP contribution in [0.3, 0.4) is 0 Å². The van der Waals surface area contributed by atoms with E-state index in [2.05, 4.69) is 10.0 Å². The van der Waals surface area contributed by atoms with Crippen molar-refractivity contribution in [2.24, 2.45) is 0 Å². The lowest BCUT2D eigenvalue weighted by Crippen LogP contribution is -2.24. The molecule has 0 aromatic heterocycles. The molecule has 0 aliphatic carbocycles. The number of rotatable bonds is 6. The van der Waals surface area contributed by atoms with Crippen LogP contribution in [0, 0.1) is 0 Å². The Kier molecular flexibility index (Phi) is 5.82. The molecule has 0 spiro atoms. The van der Waals surface area contributed by atoms with Crippen LogP contribution >= 0.6 is 11.6 Å². The topological polar surface area (TPSA) is 84.5 Å². The minimum atomic E-state index is -3.78. The maximum absolute atomic E-state index is 12.4. The van der Waals surface area contributed by atoms with Crippen molar-refractivity contribution in [2.75, 3.05) is 14.2 Å². The largest absolute Gasteiger partial charge is 0.496 e. The summed E-state index contributed by atoms with van der Waals surface area (Å²) >= 11 is 5.80. The number of carbonyl (C=O) groups is 1. The van der Waals surface area contributed by atoms with Gasteiger partial charge in [-0.2, -0.15) is 0 Å². The Morgan fingerprint density at radius 2 is 1.83 bits per heavy atom. The molecule has 8 heteroatoms. The summed E-state index contributed by atoms with van der Waals surface area (Å²) in [7, 11) is -0.905. The summed E-state index contributed by atoms with van der Waals surface area (Å²) in [6.07, 6.45) is 0. The molecule has 2 aromatic rings. The lowest BCUT2D eigenvalue weighted by atomic mass is 10.2. The van der Waals surface area contributed by atoms with E-state index in [1.807, 2.05) is 0 Å². The summed E-state index contributed by atoms with van der Waals surface area (Å²) in [6.45, 7) is 0.112. The highest BCUT2D eigenvalue weighted by Gasteiger charge is 2.19. The fraction of sp³-hybridized carbons (Fsp3) is 0.188. The summed E-state index contributed by atoms with van der Waals surface area (Å²) in [5, 5.41) is 3.03. The minimum Gasteiger partial charge on any atom is -0.496 e. The van der Waals surface area contributed by atoms with Crippen molar-refractivity contribution >= 4 is 27.5 Å². The number of benzene rings is 2. The van der Waals surface area contributed by atoms with Crippen LogP contribution < -0.4 is 14.8 Å². The minimum absolute atomic E-state index is 0.0177. The maximum Gasteiger partial charge on any atom is 0.254 e. The van der Waals surface area contributed by atoms with Gasteiger partial charge in [-0.3, -0.25) is 4.79 Å². The molecule has 0 heterocycles.